The molecule has 0 aliphatic carbocycles. The van der Waals surface area contributed by atoms with Gasteiger partial charge in [0, 0.05) is 17.3 Å². The van der Waals surface area contributed by atoms with Crippen LogP contribution < -0.4 is 5.32 Å². The van der Waals surface area contributed by atoms with Crippen molar-refractivity contribution in [3.8, 4) is 17.0 Å². The van der Waals surface area contributed by atoms with E-state index in [9.17, 15) is 9.18 Å². The van der Waals surface area contributed by atoms with Gasteiger partial charge in [0.05, 0.1) is 5.69 Å². The molecule has 0 saturated heterocycles. The minimum atomic E-state index is -0.307. The van der Waals surface area contributed by atoms with Gasteiger partial charge in [0.1, 0.15) is 28.4 Å². The van der Waals surface area contributed by atoms with E-state index in [0.717, 1.165) is 22.3 Å². The van der Waals surface area contributed by atoms with Crippen molar-refractivity contribution >= 4 is 28.7 Å². The number of hydrogen-bond donors (Lipinski definition) is 1. The monoisotopic (exact) mass is 438 g/mol. The predicted octanol–water partition coefficient (Wildman–Crippen LogP) is 5.78. The van der Waals surface area contributed by atoms with Crippen molar-refractivity contribution in [1.82, 2.24) is 15.0 Å². The number of hydrogen-bond acceptors (Lipinski definition) is 4. The SMILES string of the molecule is Cc1cc2nn(-c3ccccc3)nc2cc1NC(=O)/C=C/c1ccc(-c2ccc(F)cc2)o1. The van der Waals surface area contributed by atoms with Crippen LogP contribution in [0.15, 0.2) is 89.4 Å². The fourth-order valence-corrected chi connectivity index (χ4v) is 3.42. The number of rotatable bonds is 5. The van der Waals surface area contributed by atoms with Crippen molar-refractivity contribution in [1.29, 1.82) is 0 Å². The van der Waals surface area contributed by atoms with E-state index >= 15 is 0 Å². The third-order valence-electron chi connectivity index (χ3n) is 5.13. The Kier molecular flexibility index (Phi) is 5.28. The summed E-state index contributed by atoms with van der Waals surface area (Å²) in [6.45, 7) is 1.90. The van der Waals surface area contributed by atoms with Crippen molar-refractivity contribution in [2.45, 2.75) is 6.92 Å². The van der Waals surface area contributed by atoms with Gasteiger partial charge in [0.2, 0.25) is 5.91 Å². The molecule has 0 bridgehead atoms. The molecule has 5 rings (SSSR count). The van der Waals surface area contributed by atoms with E-state index in [1.165, 1.54) is 18.2 Å². The standard InChI is InChI=1S/C26H19FN4O2/c1-17-15-23-24(30-31(29-23)20-5-3-2-4-6-20)16-22(17)28-26(32)14-12-21-11-13-25(33-21)18-7-9-19(27)10-8-18/h2-16H,1H3,(H,28,32)/b14-12+. The van der Waals surface area contributed by atoms with E-state index in [1.807, 2.05) is 49.4 Å². The number of para-hydroxylation sites is 1. The molecule has 1 amide bonds. The number of furan rings is 1. The normalized spacial score (nSPS) is 11.3. The Morgan fingerprint density at radius 2 is 1.70 bits per heavy atom. The molecular weight excluding hydrogens is 419 g/mol. The number of carbonyl (C=O) groups excluding carboxylic acids is 1. The fourth-order valence-electron chi connectivity index (χ4n) is 3.42. The van der Waals surface area contributed by atoms with Gasteiger partial charge in [-0.2, -0.15) is 4.80 Å². The van der Waals surface area contributed by atoms with Crippen molar-refractivity contribution in [2.75, 3.05) is 5.32 Å². The molecule has 0 unspecified atom stereocenters. The lowest BCUT2D eigenvalue weighted by Crippen LogP contribution is -2.08. The summed E-state index contributed by atoms with van der Waals surface area (Å²) in [4.78, 5) is 14.1. The van der Waals surface area contributed by atoms with Crippen LogP contribution in [0.1, 0.15) is 11.3 Å². The smallest absolute Gasteiger partial charge is 0.248 e. The van der Waals surface area contributed by atoms with Crippen molar-refractivity contribution in [3.05, 3.63) is 102 Å². The van der Waals surface area contributed by atoms with Gasteiger partial charge in [0.15, 0.2) is 0 Å². The molecule has 6 nitrogen and oxygen atoms in total. The Morgan fingerprint density at radius 3 is 2.45 bits per heavy atom. The zero-order valence-corrected chi connectivity index (χ0v) is 17.7. The van der Waals surface area contributed by atoms with Crippen LogP contribution in [0.5, 0.6) is 0 Å². The molecule has 0 saturated carbocycles. The fraction of sp³-hybridized carbons (Fsp3) is 0.0385. The molecule has 2 aromatic heterocycles. The molecule has 3 aromatic carbocycles. The summed E-state index contributed by atoms with van der Waals surface area (Å²) < 4.78 is 18.8. The summed E-state index contributed by atoms with van der Waals surface area (Å²) in [5.41, 5.74) is 4.57. The van der Waals surface area contributed by atoms with Crippen LogP contribution in [0.2, 0.25) is 0 Å². The summed E-state index contributed by atoms with van der Waals surface area (Å²) in [6.07, 6.45) is 2.99. The van der Waals surface area contributed by atoms with E-state index in [4.69, 9.17) is 4.42 Å². The van der Waals surface area contributed by atoms with Gasteiger partial charge in [-0.1, -0.05) is 18.2 Å². The largest absolute Gasteiger partial charge is 0.457 e. The maximum absolute atomic E-state index is 13.1. The lowest BCUT2D eigenvalue weighted by molar-refractivity contribution is -0.111. The number of halogens is 1. The Bertz CT molecular complexity index is 1470. The van der Waals surface area contributed by atoms with Gasteiger partial charge in [-0.15, -0.1) is 10.2 Å². The minimum Gasteiger partial charge on any atom is -0.457 e. The molecule has 5 aromatic rings. The number of aryl methyl sites for hydroxylation is 1. The first-order valence-electron chi connectivity index (χ1n) is 10.3. The van der Waals surface area contributed by atoms with E-state index in [2.05, 4.69) is 15.5 Å². The molecule has 0 atom stereocenters. The van der Waals surface area contributed by atoms with Crippen LogP contribution in [0.25, 0.3) is 34.1 Å². The number of nitrogens with zero attached hydrogens (tertiary/aromatic N) is 3. The minimum absolute atomic E-state index is 0.298. The maximum Gasteiger partial charge on any atom is 0.248 e. The molecule has 2 heterocycles. The lowest BCUT2D eigenvalue weighted by Gasteiger charge is -2.05. The first-order valence-corrected chi connectivity index (χ1v) is 10.3. The van der Waals surface area contributed by atoms with Crippen LogP contribution in [-0.2, 0) is 4.79 Å². The highest BCUT2D eigenvalue weighted by molar-refractivity contribution is 6.03. The first kappa shape index (κ1) is 20.4. The highest BCUT2D eigenvalue weighted by Crippen LogP contribution is 2.24. The third-order valence-corrected chi connectivity index (χ3v) is 5.13. The van der Waals surface area contributed by atoms with Gasteiger partial charge >= 0.3 is 0 Å². The van der Waals surface area contributed by atoms with Crippen LogP contribution in [-0.4, -0.2) is 20.9 Å². The highest BCUT2D eigenvalue weighted by atomic mass is 19.1. The topological polar surface area (TPSA) is 73.0 Å². The number of amides is 1. The number of nitrogens with one attached hydrogen (secondary N) is 1. The van der Waals surface area contributed by atoms with Gasteiger partial charge in [0.25, 0.3) is 0 Å². The molecular formula is C26H19FN4O2. The molecule has 1 N–H and O–H groups in total. The van der Waals surface area contributed by atoms with Crippen molar-refractivity contribution in [3.63, 3.8) is 0 Å². The zero-order chi connectivity index (χ0) is 22.8. The van der Waals surface area contributed by atoms with Crippen molar-refractivity contribution < 1.29 is 13.6 Å². The Balaban J connectivity index is 1.31. The molecule has 7 heteroatoms. The molecule has 162 valence electrons. The number of anilines is 1. The number of aromatic nitrogens is 3. The maximum atomic E-state index is 13.1. The summed E-state index contributed by atoms with van der Waals surface area (Å²) in [6, 6.07) is 22.9. The van der Waals surface area contributed by atoms with Gasteiger partial charge < -0.3 is 9.73 Å². The molecule has 0 spiro atoms. The molecule has 33 heavy (non-hydrogen) atoms. The summed E-state index contributed by atoms with van der Waals surface area (Å²) in [5.74, 6) is 0.506. The van der Waals surface area contributed by atoms with E-state index in [-0.39, 0.29) is 11.7 Å². The predicted molar refractivity (Wildman–Crippen MR) is 125 cm³/mol. The average molecular weight is 438 g/mol. The number of fused-ring (bicyclic) bond motifs is 1. The lowest BCUT2D eigenvalue weighted by atomic mass is 10.1. The molecule has 0 fully saturated rings. The van der Waals surface area contributed by atoms with Crippen LogP contribution >= 0.6 is 0 Å². The van der Waals surface area contributed by atoms with Crippen LogP contribution in [0.4, 0.5) is 10.1 Å². The second kappa shape index (κ2) is 8.55. The van der Waals surface area contributed by atoms with Crippen LogP contribution in [0.3, 0.4) is 0 Å². The zero-order valence-electron chi connectivity index (χ0n) is 17.7. The average Bonchev–Trinajstić information content (AvgIpc) is 3.46. The number of carbonyl (C=O) groups is 1. The molecule has 0 radical (unpaired) electrons. The first-order chi connectivity index (χ1) is 16.0. The van der Waals surface area contributed by atoms with Gasteiger partial charge in [-0.3, -0.25) is 4.79 Å². The van der Waals surface area contributed by atoms with Crippen molar-refractivity contribution in [2.24, 2.45) is 0 Å². The second-order valence-corrected chi connectivity index (χ2v) is 7.51. The van der Waals surface area contributed by atoms with E-state index < -0.39 is 0 Å². The summed E-state index contributed by atoms with van der Waals surface area (Å²) >= 11 is 0. The number of benzene rings is 3. The van der Waals surface area contributed by atoms with Crippen LogP contribution in [0, 0.1) is 12.7 Å². The Morgan fingerprint density at radius 1 is 0.970 bits per heavy atom. The summed E-state index contributed by atoms with van der Waals surface area (Å²) in [7, 11) is 0. The third kappa shape index (κ3) is 4.43. The highest BCUT2D eigenvalue weighted by Gasteiger charge is 2.10. The van der Waals surface area contributed by atoms with Gasteiger partial charge in [-0.25, -0.2) is 4.39 Å². The molecule has 0 aliphatic rings. The quantitative estimate of drug-likeness (QED) is 0.353. The second-order valence-electron chi connectivity index (χ2n) is 7.51. The van der Waals surface area contributed by atoms with Gasteiger partial charge in [-0.05, 0) is 79.2 Å². The summed E-state index contributed by atoms with van der Waals surface area (Å²) in [5, 5.41) is 11.9. The van der Waals surface area contributed by atoms with E-state index in [1.54, 1.807) is 35.1 Å². The Labute approximate surface area is 189 Å². The van der Waals surface area contributed by atoms with E-state index in [0.29, 0.717) is 22.7 Å². The Hall–Kier alpha value is -4.52. The molecule has 0 aliphatic heterocycles.